The van der Waals surface area contributed by atoms with E-state index in [1.807, 2.05) is 37.3 Å². The maximum Gasteiger partial charge on any atom is 0.334 e. The molecule has 0 aliphatic carbocycles. The van der Waals surface area contributed by atoms with Crippen molar-refractivity contribution in [1.82, 2.24) is 0 Å². The zero-order valence-corrected chi connectivity index (χ0v) is 17.9. The van der Waals surface area contributed by atoms with E-state index in [2.05, 4.69) is 38.9 Å². The molecule has 1 aromatic rings. The second-order valence-corrected chi connectivity index (χ2v) is 13.5. The molecule has 3 atom stereocenters. The molecule has 0 aromatic heterocycles. The Morgan fingerprint density at radius 1 is 1.27 bits per heavy atom. The van der Waals surface area contributed by atoms with E-state index in [1.165, 1.54) is 7.11 Å². The standard InChI is InChI=1S/C20H31NO4Si/c1-14(24-13-15-11-9-8-10-12-15)17-16(18(22)23-5)21-19(25-17)26(6,7)20(2,3)4/h8-12,14,16-17H,13H2,1-7H3/t14-,16-,17-/m0/s1. The number of rotatable bonds is 6. The number of carbonyl (C=O) groups is 1. The highest BCUT2D eigenvalue weighted by Crippen LogP contribution is 2.39. The van der Waals surface area contributed by atoms with E-state index in [-0.39, 0.29) is 17.1 Å². The first kappa shape index (κ1) is 20.6. The van der Waals surface area contributed by atoms with Gasteiger partial charge in [-0.15, -0.1) is 0 Å². The monoisotopic (exact) mass is 377 g/mol. The van der Waals surface area contributed by atoms with Crippen molar-refractivity contribution >= 4 is 19.6 Å². The highest BCUT2D eigenvalue weighted by molar-refractivity contribution is 7.06. The molecule has 1 aliphatic heterocycles. The Morgan fingerprint density at radius 3 is 2.42 bits per heavy atom. The van der Waals surface area contributed by atoms with Gasteiger partial charge in [0.1, 0.15) is 0 Å². The third-order valence-corrected chi connectivity index (χ3v) is 10.6. The molecule has 0 N–H and O–H groups in total. The van der Waals surface area contributed by atoms with Gasteiger partial charge in [0.05, 0.1) is 19.8 Å². The molecule has 5 nitrogen and oxygen atoms in total. The van der Waals surface area contributed by atoms with Crippen LogP contribution in [-0.4, -0.2) is 44.9 Å². The van der Waals surface area contributed by atoms with Gasteiger partial charge in [-0.1, -0.05) is 64.2 Å². The zero-order valence-electron chi connectivity index (χ0n) is 16.9. The summed E-state index contributed by atoms with van der Waals surface area (Å²) in [5.41, 5.74) is 1.80. The van der Waals surface area contributed by atoms with Gasteiger partial charge >= 0.3 is 5.97 Å². The molecule has 144 valence electrons. The Balaban J connectivity index is 2.15. The van der Waals surface area contributed by atoms with Gasteiger partial charge < -0.3 is 14.2 Å². The van der Waals surface area contributed by atoms with Gasteiger partial charge in [-0.25, -0.2) is 9.79 Å². The highest BCUT2D eigenvalue weighted by Gasteiger charge is 2.50. The number of ether oxygens (including phenoxy) is 3. The molecular weight excluding hydrogens is 346 g/mol. The molecule has 26 heavy (non-hydrogen) atoms. The van der Waals surface area contributed by atoms with Crippen LogP contribution in [-0.2, 0) is 25.6 Å². The molecule has 1 heterocycles. The van der Waals surface area contributed by atoms with E-state index in [0.717, 1.165) is 11.1 Å². The van der Waals surface area contributed by atoms with Crippen LogP contribution >= 0.6 is 0 Å². The lowest BCUT2D eigenvalue weighted by atomic mass is 10.1. The average molecular weight is 378 g/mol. The number of benzene rings is 1. The van der Waals surface area contributed by atoms with Crippen molar-refractivity contribution in [3.63, 3.8) is 0 Å². The first-order valence-corrected chi connectivity index (χ1v) is 12.1. The van der Waals surface area contributed by atoms with E-state index in [9.17, 15) is 4.79 Å². The number of nitrogens with zero attached hydrogens (tertiary/aromatic N) is 1. The average Bonchev–Trinajstić information content (AvgIpc) is 3.05. The Labute approximate surface area is 157 Å². The summed E-state index contributed by atoms with van der Waals surface area (Å²) in [6.45, 7) is 13.4. The molecule has 0 unspecified atom stereocenters. The van der Waals surface area contributed by atoms with Gasteiger partial charge in [0, 0.05) is 0 Å². The Kier molecular flexibility index (Phi) is 6.29. The van der Waals surface area contributed by atoms with Gasteiger partial charge in [-0.2, -0.15) is 0 Å². The Hall–Kier alpha value is -1.66. The van der Waals surface area contributed by atoms with Crippen LogP contribution in [0.1, 0.15) is 33.3 Å². The molecule has 0 radical (unpaired) electrons. The highest BCUT2D eigenvalue weighted by atomic mass is 28.3. The smallest absolute Gasteiger partial charge is 0.334 e. The van der Waals surface area contributed by atoms with Crippen LogP contribution in [0.5, 0.6) is 0 Å². The van der Waals surface area contributed by atoms with E-state index in [1.54, 1.807) is 0 Å². The van der Waals surface area contributed by atoms with Gasteiger partial charge in [0.15, 0.2) is 25.7 Å². The molecule has 1 aromatic carbocycles. The van der Waals surface area contributed by atoms with Crippen molar-refractivity contribution in [2.45, 2.75) is 70.7 Å². The van der Waals surface area contributed by atoms with Crippen LogP contribution in [0.2, 0.25) is 18.1 Å². The van der Waals surface area contributed by atoms with E-state index >= 15 is 0 Å². The fourth-order valence-corrected chi connectivity index (χ4v) is 4.14. The molecular formula is C20H31NO4Si. The quantitative estimate of drug-likeness (QED) is 0.556. The first-order valence-electron chi connectivity index (χ1n) is 9.06. The topological polar surface area (TPSA) is 57.1 Å². The second kappa shape index (κ2) is 7.92. The minimum atomic E-state index is -1.98. The number of hydrogen-bond acceptors (Lipinski definition) is 5. The van der Waals surface area contributed by atoms with Crippen molar-refractivity contribution < 1.29 is 19.0 Å². The third-order valence-electron chi connectivity index (χ3n) is 5.49. The van der Waals surface area contributed by atoms with Crippen LogP contribution in [0, 0.1) is 0 Å². The van der Waals surface area contributed by atoms with Crippen LogP contribution in [0.4, 0.5) is 0 Å². The summed E-state index contributed by atoms with van der Waals surface area (Å²) in [7, 11) is -0.599. The number of hydrogen-bond donors (Lipinski definition) is 0. The summed E-state index contributed by atoms with van der Waals surface area (Å²) in [4.78, 5) is 16.9. The molecule has 1 aliphatic rings. The first-order chi connectivity index (χ1) is 12.1. The summed E-state index contributed by atoms with van der Waals surface area (Å²) >= 11 is 0. The predicted molar refractivity (Wildman–Crippen MR) is 106 cm³/mol. The molecule has 0 spiro atoms. The predicted octanol–water partition coefficient (Wildman–Crippen LogP) is 3.98. The van der Waals surface area contributed by atoms with E-state index < -0.39 is 20.2 Å². The summed E-state index contributed by atoms with van der Waals surface area (Å²) < 4.78 is 17.2. The Bertz CT molecular complexity index is 652. The van der Waals surface area contributed by atoms with Crippen LogP contribution in [0.3, 0.4) is 0 Å². The largest absolute Gasteiger partial charge is 0.477 e. The Morgan fingerprint density at radius 2 is 1.88 bits per heavy atom. The third kappa shape index (κ3) is 4.35. The lowest BCUT2D eigenvalue weighted by Gasteiger charge is -2.36. The number of aliphatic imine (C=N–C) groups is 1. The van der Waals surface area contributed by atoms with E-state index in [0.29, 0.717) is 6.61 Å². The normalized spacial score (nSPS) is 21.7. The zero-order chi connectivity index (χ0) is 19.5. The molecule has 0 saturated carbocycles. The minimum Gasteiger partial charge on any atom is -0.477 e. The van der Waals surface area contributed by atoms with Gasteiger partial charge in [-0.3, -0.25) is 0 Å². The number of methoxy groups -OCH3 is 1. The minimum absolute atomic E-state index is 0.0650. The summed E-state index contributed by atoms with van der Waals surface area (Å²) in [5.74, 6) is -0.376. The molecule has 0 fully saturated rings. The van der Waals surface area contributed by atoms with E-state index in [4.69, 9.17) is 14.2 Å². The second-order valence-electron chi connectivity index (χ2n) is 8.36. The SMILES string of the molecule is COC(=O)[C@H]1N=C([Si](C)(C)C(C)(C)C)O[C@H]1[C@H](C)OCc1ccccc1. The molecule has 0 saturated heterocycles. The summed E-state index contributed by atoms with van der Waals surface area (Å²) in [5, 5.41) is 0.0650. The maximum atomic E-state index is 12.3. The van der Waals surface area contributed by atoms with Gasteiger partial charge in [-0.05, 0) is 17.5 Å². The van der Waals surface area contributed by atoms with Crippen molar-refractivity contribution in [1.29, 1.82) is 0 Å². The maximum absolute atomic E-state index is 12.3. The lowest BCUT2D eigenvalue weighted by Crippen LogP contribution is -2.48. The molecule has 0 bridgehead atoms. The van der Waals surface area contributed by atoms with Crippen molar-refractivity contribution in [2.75, 3.05) is 7.11 Å². The van der Waals surface area contributed by atoms with Crippen LogP contribution < -0.4 is 0 Å². The molecule has 0 amide bonds. The number of carbonyl (C=O) groups excluding carboxylic acids is 1. The fraction of sp³-hybridized carbons (Fsp3) is 0.600. The van der Waals surface area contributed by atoms with Crippen LogP contribution in [0.25, 0.3) is 0 Å². The summed E-state index contributed by atoms with van der Waals surface area (Å²) in [6.07, 6.45) is -0.749. The van der Waals surface area contributed by atoms with Crippen molar-refractivity contribution in [2.24, 2.45) is 4.99 Å². The van der Waals surface area contributed by atoms with Crippen LogP contribution in [0.15, 0.2) is 35.3 Å². The molecule has 6 heteroatoms. The molecule has 2 rings (SSSR count). The van der Waals surface area contributed by atoms with Crippen molar-refractivity contribution in [3.8, 4) is 0 Å². The van der Waals surface area contributed by atoms with Crippen molar-refractivity contribution in [3.05, 3.63) is 35.9 Å². The van der Waals surface area contributed by atoms with Gasteiger partial charge in [0.2, 0.25) is 0 Å². The summed E-state index contributed by atoms with van der Waals surface area (Å²) in [6, 6.07) is 9.28. The number of esters is 1. The van der Waals surface area contributed by atoms with Gasteiger partial charge in [0.25, 0.3) is 0 Å². The lowest BCUT2D eigenvalue weighted by molar-refractivity contribution is -0.146. The fourth-order valence-electron chi connectivity index (χ4n) is 2.61.